The van der Waals surface area contributed by atoms with E-state index in [1.54, 1.807) is 7.11 Å². The molecule has 0 saturated carbocycles. The minimum atomic E-state index is 0.859. The van der Waals surface area contributed by atoms with E-state index in [4.69, 9.17) is 4.74 Å². The average Bonchev–Trinajstić information content (AvgIpc) is 3.12. The molecule has 104 valence electrons. The molecule has 21 heavy (non-hydrogen) atoms. The zero-order valence-electron chi connectivity index (χ0n) is 11.8. The molecule has 0 fully saturated rings. The number of ether oxygens (including phenoxy) is 1. The van der Waals surface area contributed by atoms with Crippen LogP contribution in [0.5, 0.6) is 5.75 Å². The largest absolute Gasteiger partial charge is 0.496 e. The fourth-order valence-corrected chi connectivity index (χ4v) is 2.70. The fraction of sp³-hybridized carbons (Fsp3) is 0.125. The topological polar surface area (TPSA) is 55.2 Å². The third-order valence-corrected chi connectivity index (χ3v) is 3.75. The Balaban J connectivity index is 1.96. The number of nitrogens with one attached hydrogen (secondary N) is 1. The van der Waals surface area contributed by atoms with Crippen LogP contribution in [0.1, 0.15) is 5.56 Å². The lowest BCUT2D eigenvalue weighted by atomic mass is 10.1. The number of imidazole rings is 1. The number of fused-ring (bicyclic) bond motifs is 3. The Morgan fingerprint density at radius 2 is 2.05 bits per heavy atom. The van der Waals surface area contributed by atoms with Gasteiger partial charge in [0.25, 0.3) is 0 Å². The third-order valence-electron chi connectivity index (χ3n) is 3.75. The summed E-state index contributed by atoms with van der Waals surface area (Å²) >= 11 is 0. The van der Waals surface area contributed by atoms with Crippen molar-refractivity contribution in [3.8, 4) is 17.0 Å². The highest BCUT2D eigenvalue weighted by Gasteiger charge is 2.11. The Kier molecular flexibility index (Phi) is 2.47. The number of aromatic amines is 1. The average molecular weight is 278 g/mol. The first-order valence-corrected chi connectivity index (χ1v) is 6.72. The van der Waals surface area contributed by atoms with Gasteiger partial charge >= 0.3 is 0 Å². The van der Waals surface area contributed by atoms with Crippen LogP contribution in [-0.2, 0) is 0 Å². The van der Waals surface area contributed by atoms with Crippen molar-refractivity contribution in [2.45, 2.75) is 6.92 Å². The summed E-state index contributed by atoms with van der Waals surface area (Å²) in [5.41, 5.74) is 5.95. The van der Waals surface area contributed by atoms with E-state index in [-0.39, 0.29) is 0 Å². The van der Waals surface area contributed by atoms with Crippen LogP contribution < -0.4 is 4.74 Å². The van der Waals surface area contributed by atoms with Gasteiger partial charge in [-0.1, -0.05) is 0 Å². The molecule has 1 aromatic carbocycles. The van der Waals surface area contributed by atoms with Crippen LogP contribution in [0, 0.1) is 6.92 Å². The van der Waals surface area contributed by atoms with Crippen LogP contribution in [0.3, 0.4) is 0 Å². The number of rotatable bonds is 2. The number of nitrogens with zero attached hydrogens (tertiary/aromatic N) is 3. The summed E-state index contributed by atoms with van der Waals surface area (Å²) in [6.07, 6.45) is 5.57. The van der Waals surface area contributed by atoms with Crippen molar-refractivity contribution in [1.29, 1.82) is 0 Å². The number of hydrogen-bond donors (Lipinski definition) is 1. The summed E-state index contributed by atoms with van der Waals surface area (Å²) in [5.74, 6) is 0.883. The third kappa shape index (κ3) is 1.71. The maximum Gasteiger partial charge on any atom is 0.154 e. The van der Waals surface area contributed by atoms with Crippen molar-refractivity contribution in [1.82, 2.24) is 19.4 Å². The van der Waals surface area contributed by atoms with Gasteiger partial charge in [-0.2, -0.15) is 0 Å². The molecule has 0 bridgehead atoms. The van der Waals surface area contributed by atoms with Gasteiger partial charge < -0.3 is 9.72 Å². The second kappa shape index (κ2) is 4.34. The first kappa shape index (κ1) is 12.0. The van der Waals surface area contributed by atoms with E-state index in [9.17, 15) is 0 Å². The van der Waals surface area contributed by atoms with E-state index in [2.05, 4.69) is 21.0 Å². The molecule has 3 aromatic heterocycles. The Morgan fingerprint density at radius 1 is 1.14 bits per heavy atom. The predicted molar refractivity (Wildman–Crippen MR) is 81.6 cm³/mol. The standard InChI is InChI=1S/C16H14N4O/c1-10-7-11(3-4-14(10)21-2)15-13-8-18-16-12(5-6-17-16)20(13)9-19-15/h3-9,17H,1-2H3. The van der Waals surface area contributed by atoms with Gasteiger partial charge in [0.15, 0.2) is 5.65 Å². The van der Waals surface area contributed by atoms with Gasteiger partial charge in [-0.3, -0.25) is 4.40 Å². The van der Waals surface area contributed by atoms with Gasteiger partial charge in [0, 0.05) is 11.8 Å². The molecule has 0 unspecified atom stereocenters. The van der Waals surface area contributed by atoms with Crippen molar-refractivity contribution in [2.75, 3.05) is 7.11 Å². The van der Waals surface area contributed by atoms with Crippen LogP contribution in [0.4, 0.5) is 0 Å². The first-order chi connectivity index (χ1) is 10.3. The quantitative estimate of drug-likeness (QED) is 0.612. The van der Waals surface area contributed by atoms with E-state index in [0.29, 0.717) is 0 Å². The van der Waals surface area contributed by atoms with E-state index in [1.165, 1.54) is 0 Å². The molecule has 5 heteroatoms. The molecule has 0 aliphatic rings. The molecule has 0 spiro atoms. The summed E-state index contributed by atoms with van der Waals surface area (Å²) in [5, 5.41) is 0. The van der Waals surface area contributed by atoms with Crippen LogP contribution in [-0.4, -0.2) is 26.5 Å². The minimum Gasteiger partial charge on any atom is -0.496 e. The zero-order valence-corrected chi connectivity index (χ0v) is 11.8. The molecule has 0 aliphatic carbocycles. The smallest absolute Gasteiger partial charge is 0.154 e. The highest BCUT2D eigenvalue weighted by Crippen LogP contribution is 2.28. The highest BCUT2D eigenvalue weighted by atomic mass is 16.5. The molecular formula is C16H14N4O. The lowest BCUT2D eigenvalue weighted by Crippen LogP contribution is -1.89. The van der Waals surface area contributed by atoms with Crippen molar-refractivity contribution in [2.24, 2.45) is 0 Å². The zero-order chi connectivity index (χ0) is 14.4. The summed E-state index contributed by atoms with van der Waals surface area (Å²) in [7, 11) is 1.68. The molecule has 0 radical (unpaired) electrons. The lowest BCUT2D eigenvalue weighted by Gasteiger charge is -2.06. The fourth-order valence-electron chi connectivity index (χ4n) is 2.70. The normalized spacial score (nSPS) is 11.3. The lowest BCUT2D eigenvalue weighted by molar-refractivity contribution is 0.412. The summed E-state index contributed by atoms with van der Waals surface area (Å²) in [4.78, 5) is 12.1. The first-order valence-electron chi connectivity index (χ1n) is 6.72. The molecule has 0 amide bonds. The molecule has 5 nitrogen and oxygen atoms in total. The Hall–Kier alpha value is -2.82. The summed E-state index contributed by atoms with van der Waals surface area (Å²) in [6.45, 7) is 2.03. The van der Waals surface area contributed by atoms with Gasteiger partial charge in [-0.15, -0.1) is 0 Å². The second-order valence-electron chi connectivity index (χ2n) is 5.00. The Labute approximate surface area is 121 Å². The van der Waals surface area contributed by atoms with Gasteiger partial charge in [0.1, 0.15) is 12.1 Å². The predicted octanol–water partition coefficient (Wildman–Crippen LogP) is 3.19. The maximum absolute atomic E-state index is 5.31. The summed E-state index contributed by atoms with van der Waals surface area (Å²) in [6, 6.07) is 8.08. The van der Waals surface area contributed by atoms with Gasteiger partial charge in [0.05, 0.1) is 30.0 Å². The Bertz CT molecular complexity index is 951. The molecule has 0 saturated heterocycles. The van der Waals surface area contributed by atoms with Gasteiger partial charge in [-0.25, -0.2) is 9.97 Å². The molecule has 4 aromatic rings. The summed E-state index contributed by atoms with van der Waals surface area (Å²) < 4.78 is 7.36. The van der Waals surface area contributed by atoms with Crippen molar-refractivity contribution in [3.63, 3.8) is 0 Å². The van der Waals surface area contributed by atoms with E-state index < -0.39 is 0 Å². The van der Waals surface area contributed by atoms with Gasteiger partial charge in [0.2, 0.25) is 0 Å². The number of aryl methyl sites for hydroxylation is 1. The van der Waals surface area contributed by atoms with E-state index in [0.717, 1.165) is 39.3 Å². The number of aromatic nitrogens is 4. The van der Waals surface area contributed by atoms with Gasteiger partial charge in [-0.05, 0) is 36.8 Å². The molecule has 3 heterocycles. The SMILES string of the molecule is COc1ccc(-c2ncn3c2cnc2[nH]ccc23)cc1C. The molecule has 0 aliphatic heterocycles. The van der Waals surface area contributed by atoms with Crippen LogP contribution in [0.15, 0.2) is 43.0 Å². The molecule has 4 rings (SSSR count). The maximum atomic E-state index is 5.31. The number of hydrogen-bond acceptors (Lipinski definition) is 3. The van der Waals surface area contributed by atoms with E-state index in [1.807, 2.05) is 48.2 Å². The van der Waals surface area contributed by atoms with Crippen LogP contribution in [0.2, 0.25) is 0 Å². The monoisotopic (exact) mass is 278 g/mol. The number of benzene rings is 1. The van der Waals surface area contributed by atoms with Crippen LogP contribution in [0.25, 0.3) is 27.9 Å². The Morgan fingerprint density at radius 3 is 2.86 bits per heavy atom. The minimum absolute atomic E-state index is 0.859. The van der Waals surface area contributed by atoms with Crippen molar-refractivity contribution >= 4 is 16.7 Å². The highest BCUT2D eigenvalue weighted by molar-refractivity contribution is 5.83. The van der Waals surface area contributed by atoms with Crippen molar-refractivity contribution in [3.05, 3.63) is 48.5 Å². The molecule has 1 N–H and O–H groups in total. The molecular weight excluding hydrogens is 264 g/mol. The van der Waals surface area contributed by atoms with E-state index >= 15 is 0 Å². The number of methoxy groups -OCH3 is 1. The molecule has 0 atom stereocenters. The van der Waals surface area contributed by atoms with Crippen LogP contribution >= 0.6 is 0 Å². The van der Waals surface area contributed by atoms with Crippen molar-refractivity contribution < 1.29 is 4.74 Å². The number of H-pyrrole nitrogens is 1. The second-order valence-corrected chi connectivity index (χ2v) is 5.00.